The maximum absolute atomic E-state index is 5.69. The maximum Gasteiger partial charge on any atom is 0.126 e. The molecule has 0 radical (unpaired) electrons. The summed E-state index contributed by atoms with van der Waals surface area (Å²) < 4.78 is 16.0. The van der Waals surface area contributed by atoms with Crippen LogP contribution < -0.4 is 19.5 Å². The molecule has 4 heteroatoms. The molecule has 0 saturated carbocycles. The Morgan fingerprint density at radius 2 is 1.62 bits per heavy atom. The molecule has 0 atom stereocenters. The summed E-state index contributed by atoms with van der Waals surface area (Å²) in [5, 5.41) is 3.21. The molecule has 16 heavy (non-hydrogen) atoms. The fraction of sp³-hybridized carbons (Fsp3) is 0.500. The van der Waals surface area contributed by atoms with E-state index < -0.39 is 0 Å². The molecule has 1 fully saturated rings. The molecular formula is C12H17NO3. The Labute approximate surface area is 95.5 Å². The highest BCUT2D eigenvalue weighted by Gasteiger charge is 2.17. The van der Waals surface area contributed by atoms with Gasteiger partial charge in [0.2, 0.25) is 0 Å². The van der Waals surface area contributed by atoms with Crippen molar-refractivity contribution < 1.29 is 14.2 Å². The lowest BCUT2D eigenvalue weighted by Crippen LogP contribution is -2.45. The number of methoxy groups -OCH3 is 2. The first-order chi connectivity index (χ1) is 7.81. The Hall–Kier alpha value is -1.42. The summed E-state index contributed by atoms with van der Waals surface area (Å²) in [5.41, 5.74) is 0. The van der Waals surface area contributed by atoms with Gasteiger partial charge in [0.1, 0.15) is 17.2 Å². The Kier molecular flexibility index (Phi) is 3.51. The molecule has 1 aromatic rings. The van der Waals surface area contributed by atoms with Crippen LogP contribution in [0.5, 0.6) is 17.2 Å². The normalized spacial score (nSPS) is 15.4. The summed E-state index contributed by atoms with van der Waals surface area (Å²) in [6.07, 6.45) is 0. The van der Waals surface area contributed by atoms with E-state index >= 15 is 0 Å². The van der Waals surface area contributed by atoms with Crippen LogP contribution in [0.15, 0.2) is 18.2 Å². The summed E-state index contributed by atoms with van der Waals surface area (Å²) in [5.74, 6) is 2.92. The van der Waals surface area contributed by atoms with Crippen LogP contribution >= 0.6 is 0 Å². The lowest BCUT2D eigenvalue weighted by molar-refractivity contribution is 0.198. The molecule has 1 N–H and O–H groups in total. The van der Waals surface area contributed by atoms with Gasteiger partial charge in [0.25, 0.3) is 0 Å². The summed E-state index contributed by atoms with van der Waals surface area (Å²) in [6, 6.07) is 5.57. The monoisotopic (exact) mass is 223 g/mol. The zero-order chi connectivity index (χ0) is 11.4. The molecule has 0 bridgehead atoms. The molecule has 0 spiro atoms. The van der Waals surface area contributed by atoms with Crippen LogP contribution in [0.25, 0.3) is 0 Å². The lowest BCUT2D eigenvalue weighted by atomic mass is 10.1. The minimum atomic E-state index is 0.622. The molecular weight excluding hydrogens is 206 g/mol. The van der Waals surface area contributed by atoms with E-state index in [0.29, 0.717) is 5.92 Å². The zero-order valence-electron chi connectivity index (χ0n) is 9.66. The number of hydrogen-bond donors (Lipinski definition) is 1. The first kappa shape index (κ1) is 11.1. The topological polar surface area (TPSA) is 39.7 Å². The fourth-order valence-corrected chi connectivity index (χ4v) is 1.55. The third-order valence-corrected chi connectivity index (χ3v) is 2.68. The van der Waals surface area contributed by atoms with Crippen LogP contribution in [0.1, 0.15) is 0 Å². The molecule has 88 valence electrons. The predicted molar refractivity (Wildman–Crippen MR) is 61.4 cm³/mol. The van der Waals surface area contributed by atoms with Gasteiger partial charge in [0, 0.05) is 37.2 Å². The van der Waals surface area contributed by atoms with Gasteiger partial charge in [-0.25, -0.2) is 0 Å². The van der Waals surface area contributed by atoms with Gasteiger partial charge in [-0.1, -0.05) is 0 Å². The van der Waals surface area contributed by atoms with Crippen molar-refractivity contribution in [3.8, 4) is 17.2 Å². The van der Waals surface area contributed by atoms with Gasteiger partial charge in [-0.3, -0.25) is 0 Å². The number of rotatable bonds is 5. The molecule has 1 heterocycles. The Morgan fingerprint density at radius 1 is 1.06 bits per heavy atom. The highest BCUT2D eigenvalue weighted by molar-refractivity contribution is 5.41. The molecule has 1 aliphatic heterocycles. The quantitative estimate of drug-likeness (QED) is 0.816. The van der Waals surface area contributed by atoms with E-state index in [4.69, 9.17) is 14.2 Å². The van der Waals surface area contributed by atoms with E-state index in [1.165, 1.54) is 0 Å². The molecule has 0 amide bonds. The van der Waals surface area contributed by atoms with Crippen molar-refractivity contribution in [3.05, 3.63) is 18.2 Å². The van der Waals surface area contributed by atoms with Crippen LogP contribution in [-0.2, 0) is 0 Å². The standard InChI is InChI=1S/C12H17NO3/c1-14-10-3-11(15-2)5-12(4-10)16-8-9-6-13-7-9/h3-5,9,13H,6-8H2,1-2H3. The van der Waals surface area contributed by atoms with E-state index in [-0.39, 0.29) is 0 Å². The Balaban J connectivity index is 2.00. The summed E-state index contributed by atoms with van der Waals surface area (Å²) >= 11 is 0. The van der Waals surface area contributed by atoms with Gasteiger partial charge in [-0.2, -0.15) is 0 Å². The minimum Gasteiger partial charge on any atom is -0.496 e. The molecule has 0 aromatic heterocycles. The largest absolute Gasteiger partial charge is 0.496 e. The van der Waals surface area contributed by atoms with Crippen LogP contribution in [0, 0.1) is 5.92 Å². The van der Waals surface area contributed by atoms with Gasteiger partial charge in [0.15, 0.2) is 0 Å². The molecule has 2 rings (SSSR count). The van der Waals surface area contributed by atoms with Gasteiger partial charge < -0.3 is 19.5 Å². The highest BCUT2D eigenvalue weighted by Crippen LogP contribution is 2.27. The van der Waals surface area contributed by atoms with E-state index in [2.05, 4.69) is 5.32 Å². The van der Waals surface area contributed by atoms with Crippen LogP contribution in [0.2, 0.25) is 0 Å². The number of ether oxygens (including phenoxy) is 3. The number of hydrogen-bond acceptors (Lipinski definition) is 4. The van der Waals surface area contributed by atoms with Gasteiger partial charge in [-0.05, 0) is 0 Å². The first-order valence-corrected chi connectivity index (χ1v) is 5.38. The second-order valence-corrected chi connectivity index (χ2v) is 3.88. The number of nitrogens with one attached hydrogen (secondary N) is 1. The average molecular weight is 223 g/mol. The zero-order valence-corrected chi connectivity index (χ0v) is 9.66. The Morgan fingerprint density at radius 3 is 2.06 bits per heavy atom. The van der Waals surface area contributed by atoms with Crippen LogP contribution in [0.3, 0.4) is 0 Å². The molecule has 1 saturated heterocycles. The molecule has 0 aliphatic carbocycles. The van der Waals surface area contributed by atoms with Gasteiger partial charge in [-0.15, -0.1) is 0 Å². The predicted octanol–water partition coefficient (Wildman–Crippen LogP) is 1.30. The molecule has 0 unspecified atom stereocenters. The van der Waals surface area contributed by atoms with Crippen molar-refractivity contribution in [1.82, 2.24) is 5.32 Å². The van der Waals surface area contributed by atoms with Crippen molar-refractivity contribution in [2.45, 2.75) is 0 Å². The molecule has 1 aliphatic rings. The highest BCUT2D eigenvalue weighted by atomic mass is 16.5. The van der Waals surface area contributed by atoms with E-state index in [1.54, 1.807) is 14.2 Å². The average Bonchev–Trinajstić information content (AvgIpc) is 2.26. The third-order valence-electron chi connectivity index (χ3n) is 2.68. The van der Waals surface area contributed by atoms with Crippen LogP contribution in [-0.4, -0.2) is 33.9 Å². The maximum atomic E-state index is 5.69. The van der Waals surface area contributed by atoms with Crippen molar-refractivity contribution in [3.63, 3.8) is 0 Å². The van der Waals surface area contributed by atoms with Crippen LogP contribution in [0.4, 0.5) is 0 Å². The smallest absolute Gasteiger partial charge is 0.126 e. The molecule has 4 nitrogen and oxygen atoms in total. The van der Waals surface area contributed by atoms with E-state index in [9.17, 15) is 0 Å². The first-order valence-electron chi connectivity index (χ1n) is 5.38. The fourth-order valence-electron chi connectivity index (χ4n) is 1.55. The Bertz CT molecular complexity index is 328. The number of benzene rings is 1. The third kappa shape index (κ3) is 2.58. The second kappa shape index (κ2) is 5.07. The second-order valence-electron chi connectivity index (χ2n) is 3.88. The molecule has 1 aromatic carbocycles. The van der Waals surface area contributed by atoms with Crippen molar-refractivity contribution in [2.24, 2.45) is 5.92 Å². The van der Waals surface area contributed by atoms with Gasteiger partial charge >= 0.3 is 0 Å². The van der Waals surface area contributed by atoms with Crippen molar-refractivity contribution >= 4 is 0 Å². The summed E-state index contributed by atoms with van der Waals surface area (Å²) in [7, 11) is 3.27. The van der Waals surface area contributed by atoms with E-state index in [0.717, 1.165) is 36.9 Å². The van der Waals surface area contributed by atoms with Gasteiger partial charge in [0.05, 0.1) is 20.8 Å². The van der Waals surface area contributed by atoms with E-state index in [1.807, 2.05) is 18.2 Å². The summed E-state index contributed by atoms with van der Waals surface area (Å²) in [4.78, 5) is 0. The minimum absolute atomic E-state index is 0.622. The van der Waals surface area contributed by atoms with Crippen molar-refractivity contribution in [1.29, 1.82) is 0 Å². The summed E-state index contributed by atoms with van der Waals surface area (Å²) in [6.45, 7) is 2.82. The SMILES string of the molecule is COc1cc(OC)cc(OCC2CNC2)c1. The van der Waals surface area contributed by atoms with Crippen molar-refractivity contribution in [2.75, 3.05) is 33.9 Å². The lowest BCUT2D eigenvalue weighted by Gasteiger charge is -2.26.